The van der Waals surface area contributed by atoms with Crippen molar-refractivity contribution in [1.82, 2.24) is 9.78 Å². The lowest BCUT2D eigenvalue weighted by Gasteiger charge is -2.22. The highest BCUT2D eigenvalue weighted by molar-refractivity contribution is 6.37. The first-order valence-electron chi connectivity index (χ1n) is 8.78. The summed E-state index contributed by atoms with van der Waals surface area (Å²) in [5.74, 6) is 0.836. The van der Waals surface area contributed by atoms with Gasteiger partial charge in [-0.3, -0.25) is 4.79 Å². The summed E-state index contributed by atoms with van der Waals surface area (Å²) in [4.78, 5) is 11.7. The molecule has 25 heavy (non-hydrogen) atoms. The van der Waals surface area contributed by atoms with E-state index in [0.29, 0.717) is 46.9 Å². The van der Waals surface area contributed by atoms with Crippen LogP contribution in [0.4, 0.5) is 0 Å². The fourth-order valence-electron chi connectivity index (χ4n) is 3.47. The first-order chi connectivity index (χ1) is 12.1. The number of hydrogen-bond acceptors (Lipinski definition) is 3. The molecular formula is C19H20Cl2N2O2. The SMILES string of the molecule is O=C1CCC[C@H](OCc2c(C3CC3)cnn2-c2c(Cl)cccc2Cl)C1. The van der Waals surface area contributed by atoms with E-state index in [-0.39, 0.29) is 6.10 Å². The summed E-state index contributed by atoms with van der Waals surface area (Å²) >= 11 is 12.8. The molecule has 2 saturated carbocycles. The van der Waals surface area contributed by atoms with Crippen LogP contribution in [0.1, 0.15) is 55.7 Å². The van der Waals surface area contributed by atoms with Crippen LogP contribution in [0.3, 0.4) is 0 Å². The van der Waals surface area contributed by atoms with Crippen molar-refractivity contribution in [3.8, 4) is 5.69 Å². The molecule has 1 heterocycles. The molecule has 0 unspecified atom stereocenters. The number of para-hydroxylation sites is 1. The second-order valence-electron chi connectivity index (χ2n) is 6.87. The first-order valence-corrected chi connectivity index (χ1v) is 9.53. The smallest absolute Gasteiger partial charge is 0.135 e. The average molecular weight is 379 g/mol. The molecule has 1 aromatic heterocycles. The molecule has 0 saturated heterocycles. The summed E-state index contributed by atoms with van der Waals surface area (Å²) in [5.41, 5.74) is 2.89. The Kier molecular flexibility index (Phi) is 4.85. The number of halogens is 2. The summed E-state index contributed by atoms with van der Waals surface area (Å²) in [6.07, 6.45) is 7.30. The minimum absolute atomic E-state index is 0.00151. The van der Waals surface area contributed by atoms with Crippen LogP contribution in [0.5, 0.6) is 0 Å². The normalized spacial score (nSPS) is 20.9. The molecule has 1 aromatic carbocycles. The maximum absolute atomic E-state index is 11.7. The third-order valence-electron chi connectivity index (χ3n) is 4.96. The predicted molar refractivity (Wildman–Crippen MR) is 97.6 cm³/mol. The van der Waals surface area contributed by atoms with Gasteiger partial charge in [0.1, 0.15) is 11.5 Å². The van der Waals surface area contributed by atoms with E-state index in [1.807, 2.05) is 29.1 Å². The van der Waals surface area contributed by atoms with Crippen LogP contribution >= 0.6 is 23.2 Å². The average Bonchev–Trinajstić information content (AvgIpc) is 3.34. The second-order valence-corrected chi connectivity index (χ2v) is 7.69. The molecule has 4 rings (SSSR count). The van der Waals surface area contributed by atoms with Gasteiger partial charge in [-0.2, -0.15) is 5.10 Å². The van der Waals surface area contributed by atoms with Crippen LogP contribution in [0.2, 0.25) is 10.0 Å². The summed E-state index contributed by atoms with van der Waals surface area (Å²) in [7, 11) is 0. The first kappa shape index (κ1) is 17.1. The van der Waals surface area contributed by atoms with Crippen molar-refractivity contribution in [3.05, 3.63) is 45.7 Å². The van der Waals surface area contributed by atoms with Crippen LogP contribution in [0, 0.1) is 0 Å². The third kappa shape index (κ3) is 3.62. The molecule has 1 atom stereocenters. The number of carbonyl (C=O) groups is 1. The quantitative estimate of drug-likeness (QED) is 0.727. The van der Waals surface area contributed by atoms with Crippen LogP contribution in [0.15, 0.2) is 24.4 Å². The predicted octanol–water partition coefficient (Wildman–Crippen LogP) is 5.08. The summed E-state index contributed by atoms with van der Waals surface area (Å²) in [5, 5.41) is 5.67. The Morgan fingerprint density at radius 1 is 1.20 bits per heavy atom. The molecular weight excluding hydrogens is 359 g/mol. The Balaban J connectivity index is 1.63. The molecule has 0 amide bonds. The summed E-state index contributed by atoms with van der Waals surface area (Å²) < 4.78 is 7.90. The highest BCUT2D eigenvalue weighted by Gasteiger charge is 2.30. The zero-order valence-corrected chi connectivity index (χ0v) is 15.4. The highest BCUT2D eigenvalue weighted by atomic mass is 35.5. The van der Waals surface area contributed by atoms with Gasteiger partial charge in [-0.15, -0.1) is 0 Å². The zero-order valence-electron chi connectivity index (χ0n) is 13.9. The number of aromatic nitrogens is 2. The van der Waals surface area contributed by atoms with E-state index < -0.39 is 0 Å². The topological polar surface area (TPSA) is 44.1 Å². The highest BCUT2D eigenvalue weighted by Crippen LogP contribution is 2.43. The molecule has 0 spiro atoms. The zero-order chi connectivity index (χ0) is 17.4. The Morgan fingerprint density at radius 3 is 2.64 bits per heavy atom. The minimum Gasteiger partial charge on any atom is -0.371 e. The van der Waals surface area contributed by atoms with E-state index in [1.54, 1.807) is 0 Å². The molecule has 2 aromatic rings. The van der Waals surface area contributed by atoms with Gasteiger partial charge in [0.15, 0.2) is 0 Å². The van der Waals surface area contributed by atoms with Gasteiger partial charge in [0, 0.05) is 12.8 Å². The van der Waals surface area contributed by atoms with Gasteiger partial charge in [0.25, 0.3) is 0 Å². The fourth-order valence-corrected chi connectivity index (χ4v) is 4.03. The Bertz CT molecular complexity index is 778. The molecule has 2 aliphatic carbocycles. The number of ether oxygens (including phenoxy) is 1. The second kappa shape index (κ2) is 7.10. The minimum atomic E-state index is -0.00151. The van der Waals surface area contributed by atoms with Gasteiger partial charge < -0.3 is 4.74 Å². The monoisotopic (exact) mass is 378 g/mol. The number of nitrogens with zero attached hydrogens (tertiary/aromatic N) is 2. The number of rotatable bonds is 5. The molecule has 0 N–H and O–H groups in total. The molecule has 0 aliphatic heterocycles. The molecule has 4 nitrogen and oxygen atoms in total. The van der Waals surface area contributed by atoms with Crippen molar-refractivity contribution in [1.29, 1.82) is 0 Å². The third-order valence-corrected chi connectivity index (χ3v) is 5.57. The lowest BCUT2D eigenvalue weighted by Crippen LogP contribution is -2.23. The van der Waals surface area contributed by atoms with Gasteiger partial charge >= 0.3 is 0 Å². The molecule has 2 fully saturated rings. The van der Waals surface area contributed by atoms with Gasteiger partial charge in [0.2, 0.25) is 0 Å². The maximum Gasteiger partial charge on any atom is 0.135 e. The van der Waals surface area contributed by atoms with Gasteiger partial charge in [0.05, 0.1) is 34.6 Å². The van der Waals surface area contributed by atoms with E-state index in [1.165, 1.54) is 18.4 Å². The molecule has 2 aliphatic rings. The standard InChI is InChI=1S/C19H20Cl2N2O2/c20-16-5-2-6-17(21)19(16)23-18(15(10-22-23)12-7-8-12)11-25-14-4-1-3-13(24)9-14/h2,5-6,10,12,14H,1,3-4,7-9,11H2/t14-/m0/s1. The van der Waals surface area contributed by atoms with Crippen LogP contribution in [0.25, 0.3) is 5.69 Å². The van der Waals surface area contributed by atoms with Crippen LogP contribution in [-0.2, 0) is 16.1 Å². The largest absolute Gasteiger partial charge is 0.371 e. The van der Waals surface area contributed by atoms with E-state index in [9.17, 15) is 4.79 Å². The van der Waals surface area contributed by atoms with Crippen molar-refractivity contribution in [2.24, 2.45) is 0 Å². The molecule has 0 bridgehead atoms. The van der Waals surface area contributed by atoms with E-state index >= 15 is 0 Å². The van der Waals surface area contributed by atoms with Crippen molar-refractivity contribution in [2.45, 2.75) is 57.2 Å². The van der Waals surface area contributed by atoms with E-state index in [4.69, 9.17) is 27.9 Å². The van der Waals surface area contributed by atoms with E-state index in [0.717, 1.165) is 18.5 Å². The lowest BCUT2D eigenvalue weighted by molar-refractivity contribution is -0.125. The van der Waals surface area contributed by atoms with Gasteiger partial charge in [-0.05, 0) is 49.3 Å². The van der Waals surface area contributed by atoms with Gasteiger partial charge in [-0.1, -0.05) is 29.3 Å². The lowest BCUT2D eigenvalue weighted by atomic mass is 9.96. The van der Waals surface area contributed by atoms with Crippen LogP contribution in [-0.4, -0.2) is 21.7 Å². The number of hydrogen-bond donors (Lipinski definition) is 0. The summed E-state index contributed by atoms with van der Waals surface area (Å²) in [6, 6.07) is 5.45. The van der Waals surface area contributed by atoms with Crippen molar-refractivity contribution in [2.75, 3.05) is 0 Å². The molecule has 6 heteroatoms. The molecule has 132 valence electrons. The fraction of sp³-hybridized carbons (Fsp3) is 0.474. The van der Waals surface area contributed by atoms with Crippen molar-refractivity contribution < 1.29 is 9.53 Å². The Hall–Kier alpha value is -1.36. The number of benzene rings is 1. The van der Waals surface area contributed by atoms with Crippen molar-refractivity contribution >= 4 is 29.0 Å². The molecule has 0 radical (unpaired) electrons. The number of carbonyl (C=O) groups excluding carboxylic acids is 1. The van der Waals surface area contributed by atoms with Crippen LogP contribution < -0.4 is 0 Å². The Morgan fingerprint density at radius 2 is 1.96 bits per heavy atom. The Labute approximate surface area is 157 Å². The maximum atomic E-state index is 11.7. The number of ketones is 1. The number of Topliss-reactive ketones (excluding diaryl/α,β-unsaturated/α-hetero) is 1. The summed E-state index contributed by atoms with van der Waals surface area (Å²) in [6.45, 7) is 0.422. The van der Waals surface area contributed by atoms with E-state index in [2.05, 4.69) is 5.10 Å². The van der Waals surface area contributed by atoms with Crippen molar-refractivity contribution in [3.63, 3.8) is 0 Å². The van der Waals surface area contributed by atoms with Gasteiger partial charge in [-0.25, -0.2) is 4.68 Å².